The Morgan fingerprint density at radius 1 is 0.455 bits per heavy atom. The summed E-state index contributed by atoms with van der Waals surface area (Å²) in [7, 11) is 0. The summed E-state index contributed by atoms with van der Waals surface area (Å²) in [5.74, 6) is 2.46. The van der Waals surface area contributed by atoms with Crippen LogP contribution in [0.1, 0.15) is 231 Å². The second kappa shape index (κ2) is 35.2. The maximum Gasteiger partial charge on any atom is 0.203 e. The van der Waals surface area contributed by atoms with Crippen molar-refractivity contribution in [1.82, 2.24) is 0 Å². The van der Waals surface area contributed by atoms with E-state index in [0.717, 1.165) is 46.5 Å². The van der Waals surface area contributed by atoms with Gasteiger partial charge in [0.1, 0.15) is 0 Å². The third-order valence-corrected chi connectivity index (χ3v) is 11.7. The summed E-state index contributed by atoms with van der Waals surface area (Å²) < 4.78 is 21.0. The van der Waals surface area contributed by atoms with Crippen molar-refractivity contribution in [3.05, 3.63) is 52.0 Å². The van der Waals surface area contributed by atoms with Gasteiger partial charge in [0.15, 0.2) is 11.5 Å². The van der Waals surface area contributed by atoms with Crippen LogP contribution in [-0.2, 0) is 0 Å². The lowest BCUT2D eigenvalue weighted by Crippen LogP contribution is -2.07. The highest BCUT2D eigenvalue weighted by Gasteiger charge is 2.17. The largest absolute Gasteiger partial charge is 0.490 e. The average Bonchev–Trinajstić information content (AvgIpc) is 3.19. The number of allylic oxidation sites excluding steroid dienone is 1. The molecule has 0 unspecified atom stereocenters. The van der Waals surface area contributed by atoms with Gasteiger partial charge < -0.3 is 14.2 Å². The van der Waals surface area contributed by atoms with Crippen LogP contribution in [0.3, 0.4) is 0 Å². The monoisotopic (exact) mass is 825 g/mol. The maximum absolute atomic E-state index is 6.64. The Morgan fingerprint density at radius 2 is 0.782 bits per heavy atom. The van der Waals surface area contributed by atoms with Gasteiger partial charge in [0.25, 0.3) is 0 Å². The van der Waals surface area contributed by atoms with Crippen molar-refractivity contribution in [2.45, 2.75) is 220 Å². The summed E-state index contributed by atoms with van der Waals surface area (Å²) in [5.41, 5.74) is 3.47. The number of hydrogen-bond acceptors (Lipinski definition) is 3. The molecule has 0 saturated carbocycles. The number of rotatable bonds is 38. The van der Waals surface area contributed by atoms with E-state index < -0.39 is 0 Å². The van der Waals surface area contributed by atoms with Gasteiger partial charge in [-0.2, -0.15) is 0 Å². The Balaban J connectivity index is 2.08. The molecule has 0 aliphatic heterocycles. The number of hydrogen-bond donors (Lipinski definition) is 0. The first kappa shape index (κ1) is 49.2. The van der Waals surface area contributed by atoms with Gasteiger partial charge >= 0.3 is 0 Å². The molecule has 2 aromatic carbocycles. The van der Waals surface area contributed by atoms with E-state index in [4.69, 9.17) is 14.2 Å². The Hall–Kier alpha value is -1.94. The van der Waals surface area contributed by atoms with Gasteiger partial charge in [0, 0.05) is 4.47 Å². The fraction of sp³-hybridized carbons (Fsp3) is 0.725. The molecule has 3 nitrogen and oxygen atoms in total. The van der Waals surface area contributed by atoms with Crippen LogP contribution in [0.25, 0.3) is 11.6 Å². The molecule has 314 valence electrons. The molecule has 0 atom stereocenters. The first-order valence-electron chi connectivity index (χ1n) is 23.6. The number of unbranched alkanes of at least 4 members (excludes halogenated alkanes) is 27. The zero-order valence-electron chi connectivity index (χ0n) is 36.5. The van der Waals surface area contributed by atoms with Crippen LogP contribution >= 0.6 is 15.9 Å². The van der Waals surface area contributed by atoms with Crippen molar-refractivity contribution in [2.24, 2.45) is 0 Å². The highest BCUT2D eigenvalue weighted by molar-refractivity contribution is 9.10. The van der Waals surface area contributed by atoms with Gasteiger partial charge in [0.2, 0.25) is 5.75 Å². The fourth-order valence-corrected chi connectivity index (χ4v) is 7.78. The maximum atomic E-state index is 6.64. The molecule has 0 heterocycles. The minimum atomic E-state index is 0.699. The summed E-state index contributed by atoms with van der Waals surface area (Å²) >= 11 is 3.75. The van der Waals surface area contributed by atoms with E-state index in [1.165, 1.54) is 184 Å². The smallest absolute Gasteiger partial charge is 0.203 e. The molecule has 0 bridgehead atoms. The molecule has 0 N–H and O–H groups in total. The number of halogens is 1. The van der Waals surface area contributed by atoms with Crippen molar-refractivity contribution in [3.8, 4) is 17.2 Å². The molecule has 55 heavy (non-hydrogen) atoms. The van der Waals surface area contributed by atoms with E-state index in [1.807, 2.05) is 0 Å². The number of benzene rings is 2. The predicted molar refractivity (Wildman–Crippen MR) is 246 cm³/mol. The summed E-state index contributed by atoms with van der Waals surface area (Å²) in [6, 6.07) is 12.8. The first-order valence-corrected chi connectivity index (χ1v) is 24.4. The van der Waals surface area contributed by atoms with Crippen molar-refractivity contribution in [2.75, 3.05) is 19.8 Å². The van der Waals surface area contributed by atoms with Crippen LogP contribution in [-0.4, -0.2) is 19.8 Å². The minimum Gasteiger partial charge on any atom is -0.490 e. The molecule has 2 rings (SSSR count). The summed E-state index contributed by atoms with van der Waals surface area (Å²) in [6.07, 6.45) is 41.7. The van der Waals surface area contributed by atoms with E-state index >= 15 is 0 Å². The normalized spacial score (nSPS) is 11.7. The van der Waals surface area contributed by atoms with Gasteiger partial charge in [0.05, 0.1) is 19.8 Å². The molecule has 0 saturated heterocycles. The standard InChI is InChI=1S/C51H85BrO3/c1-5-8-11-14-17-20-23-26-29-34-39-53-49-43-47(45(4)42-46-37-32-33-38-48(46)52)44-50(54-40-35-30-27-24-21-18-15-12-9-6-2)51(49)55-41-36-31-28-25-22-19-16-13-10-7-3/h32-33,37-38,42-44H,5-31,34-36,39-41H2,1-4H3/b45-42+. The summed E-state index contributed by atoms with van der Waals surface area (Å²) in [6.45, 7) is 11.2. The van der Waals surface area contributed by atoms with E-state index in [0.29, 0.717) is 19.8 Å². The molecule has 0 aliphatic carbocycles. The van der Waals surface area contributed by atoms with Crippen molar-refractivity contribution in [3.63, 3.8) is 0 Å². The Bertz CT molecular complexity index is 1160. The minimum absolute atomic E-state index is 0.699. The van der Waals surface area contributed by atoms with Gasteiger partial charge in [-0.15, -0.1) is 0 Å². The van der Waals surface area contributed by atoms with Crippen molar-refractivity contribution in [1.29, 1.82) is 0 Å². The second-order valence-corrected chi connectivity index (χ2v) is 17.1. The summed E-state index contributed by atoms with van der Waals surface area (Å²) in [5, 5.41) is 0. The van der Waals surface area contributed by atoms with E-state index in [1.54, 1.807) is 0 Å². The van der Waals surface area contributed by atoms with Crippen molar-refractivity contribution >= 4 is 27.6 Å². The van der Waals surface area contributed by atoms with Crippen LogP contribution in [0.4, 0.5) is 0 Å². The predicted octanol–water partition coefficient (Wildman–Crippen LogP) is 17.9. The highest BCUT2D eigenvalue weighted by atomic mass is 79.9. The zero-order chi connectivity index (χ0) is 39.4. The van der Waals surface area contributed by atoms with Gasteiger partial charge in [-0.25, -0.2) is 0 Å². The lowest BCUT2D eigenvalue weighted by Gasteiger charge is -2.19. The fourth-order valence-electron chi connectivity index (χ4n) is 7.38. The molecule has 0 radical (unpaired) electrons. The van der Waals surface area contributed by atoms with Crippen LogP contribution < -0.4 is 14.2 Å². The lowest BCUT2D eigenvalue weighted by atomic mass is 10.0. The topological polar surface area (TPSA) is 27.7 Å². The lowest BCUT2D eigenvalue weighted by molar-refractivity contribution is 0.234. The van der Waals surface area contributed by atoms with Crippen molar-refractivity contribution < 1.29 is 14.2 Å². The van der Waals surface area contributed by atoms with Gasteiger partial charge in [-0.1, -0.05) is 234 Å². The molecule has 0 amide bonds. The molecular formula is C51H85BrO3. The Kier molecular flexibility index (Phi) is 31.5. The quantitative estimate of drug-likeness (QED) is 0.0499. The van der Waals surface area contributed by atoms with Crippen LogP contribution in [0.2, 0.25) is 0 Å². The molecule has 4 heteroatoms. The molecule has 2 aromatic rings. The summed E-state index contributed by atoms with van der Waals surface area (Å²) in [4.78, 5) is 0. The van der Waals surface area contributed by atoms with Crippen LogP contribution in [0.15, 0.2) is 40.9 Å². The van der Waals surface area contributed by atoms with Gasteiger partial charge in [-0.3, -0.25) is 0 Å². The average molecular weight is 826 g/mol. The molecule has 0 spiro atoms. The first-order chi connectivity index (χ1) is 27.1. The third kappa shape index (κ3) is 25.1. The third-order valence-electron chi connectivity index (χ3n) is 11.0. The molecular weight excluding hydrogens is 740 g/mol. The van der Waals surface area contributed by atoms with Crippen LogP contribution in [0.5, 0.6) is 17.2 Å². The van der Waals surface area contributed by atoms with Gasteiger partial charge in [-0.05, 0) is 61.1 Å². The molecule has 0 fully saturated rings. The highest BCUT2D eigenvalue weighted by Crippen LogP contribution is 2.42. The van der Waals surface area contributed by atoms with E-state index in [2.05, 4.69) is 86.1 Å². The Morgan fingerprint density at radius 3 is 1.15 bits per heavy atom. The second-order valence-electron chi connectivity index (χ2n) is 16.2. The SMILES string of the molecule is CCCCCCCCCCCCOc1cc(/C(C)=C/c2ccccc2Br)cc(OCCCCCCCCCCCC)c1OCCCCCCCCCCCC. The number of ether oxygens (including phenoxy) is 3. The zero-order valence-corrected chi connectivity index (χ0v) is 38.1. The van der Waals surface area contributed by atoms with E-state index in [9.17, 15) is 0 Å². The van der Waals surface area contributed by atoms with Crippen LogP contribution in [0, 0.1) is 0 Å². The molecule has 0 aliphatic rings. The van der Waals surface area contributed by atoms with E-state index in [-0.39, 0.29) is 0 Å². The molecule has 0 aromatic heterocycles. The Labute approximate surface area is 349 Å².